The molecule has 0 atom stereocenters. The Balaban J connectivity index is 2.49. The summed E-state index contributed by atoms with van der Waals surface area (Å²) >= 11 is 0. The zero-order chi connectivity index (χ0) is 11.4. The summed E-state index contributed by atoms with van der Waals surface area (Å²) in [5, 5.41) is 4.01. The molecule has 1 aromatic heterocycles. The Morgan fingerprint density at radius 2 is 2.06 bits per heavy atom. The lowest BCUT2D eigenvalue weighted by Crippen LogP contribution is -2.01. The number of aldehydes is 1. The van der Waals surface area contributed by atoms with Gasteiger partial charge in [-0.3, -0.25) is 4.79 Å². The maximum Gasteiger partial charge on any atom is 0.148 e. The largest absolute Gasteiger partial charge is 0.299 e. The smallest absolute Gasteiger partial charge is 0.148 e. The molecular formula is C12H9FN2O. The molecule has 0 saturated carbocycles. The van der Waals surface area contributed by atoms with Crippen LogP contribution in [0, 0.1) is 5.82 Å². The maximum atomic E-state index is 13.5. The molecule has 1 heterocycles. The van der Waals surface area contributed by atoms with Gasteiger partial charge in [-0.15, -0.1) is 0 Å². The number of aromatic nitrogens is 2. The number of para-hydroxylation sites is 1. The Kier molecular flexibility index (Phi) is 2.91. The molecule has 0 spiro atoms. The molecule has 0 saturated heterocycles. The minimum absolute atomic E-state index is 0.355. The van der Waals surface area contributed by atoms with Crippen molar-refractivity contribution in [3.8, 4) is 5.69 Å². The zero-order valence-electron chi connectivity index (χ0n) is 8.38. The number of halogens is 1. The Bertz CT molecular complexity index is 531. The van der Waals surface area contributed by atoms with E-state index in [2.05, 4.69) is 5.10 Å². The molecule has 3 nitrogen and oxygen atoms in total. The third-order valence-corrected chi connectivity index (χ3v) is 2.10. The number of hydrogen-bond donors (Lipinski definition) is 0. The molecule has 16 heavy (non-hydrogen) atoms. The highest BCUT2D eigenvalue weighted by Gasteiger charge is 2.06. The van der Waals surface area contributed by atoms with Crippen molar-refractivity contribution < 1.29 is 9.18 Å². The third kappa shape index (κ3) is 1.91. The Morgan fingerprint density at radius 3 is 2.81 bits per heavy atom. The van der Waals surface area contributed by atoms with Gasteiger partial charge in [0.15, 0.2) is 0 Å². The molecule has 0 bridgehead atoms. The van der Waals surface area contributed by atoms with Crippen LogP contribution in [0.4, 0.5) is 4.39 Å². The first-order chi connectivity index (χ1) is 7.83. The highest BCUT2D eigenvalue weighted by Crippen LogP contribution is 2.14. The number of rotatable bonds is 3. The lowest BCUT2D eigenvalue weighted by molar-refractivity contribution is -0.104. The number of carbonyl (C=O) groups excluding carboxylic acids is 1. The van der Waals surface area contributed by atoms with E-state index in [0.717, 1.165) is 0 Å². The number of benzene rings is 1. The van der Waals surface area contributed by atoms with E-state index in [1.165, 1.54) is 16.8 Å². The predicted octanol–water partition coefficient (Wildman–Crippen LogP) is 2.22. The Labute approximate surface area is 91.8 Å². The maximum absolute atomic E-state index is 13.5. The van der Waals surface area contributed by atoms with Crippen LogP contribution in [0.1, 0.15) is 5.69 Å². The van der Waals surface area contributed by atoms with Crippen LogP contribution in [0.25, 0.3) is 11.8 Å². The molecule has 0 aliphatic rings. The van der Waals surface area contributed by atoms with Crippen molar-refractivity contribution in [2.45, 2.75) is 0 Å². The summed E-state index contributed by atoms with van der Waals surface area (Å²) in [4.78, 5) is 10.2. The van der Waals surface area contributed by atoms with E-state index in [0.29, 0.717) is 17.7 Å². The summed E-state index contributed by atoms with van der Waals surface area (Å²) in [5.74, 6) is -0.355. The summed E-state index contributed by atoms with van der Waals surface area (Å²) in [6.45, 7) is 0. The van der Waals surface area contributed by atoms with Crippen molar-refractivity contribution in [1.29, 1.82) is 0 Å². The van der Waals surface area contributed by atoms with Crippen LogP contribution in [-0.2, 0) is 4.79 Å². The first kappa shape index (κ1) is 10.3. The SMILES string of the molecule is O=C/C=C/c1ccnn1-c1ccccc1F. The molecule has 0 amide bonds. The van der Waals surface area contributed by atoms with Crippen LogP contribution in [0.2, 0.25) is 0 Å². The zero-order valence-corrected chi connectivity index (χ0v) is 8.38. The molecule has 80 valence electrons. The van der Waals surface area contributed by atoms with Gasteiger partial charge in [0.1, 0.15) is 17.8 Å². The quantitative estimate of drug-likeness (QED) is 0.582. The molecule has 0 unspecified atom stereocenters. The van der Waals surface area contributed by atoms with Crippen LogP contribution in [0.5, 0.6) is 0 Å². The van der Waals surface area contributed by atoms with Gasteiger partial charge in [0.25, 0.3) is 0 Å². The molecule has 2 rings (SSSR count). The van der Waals surface area contributed by atoms with Crippen molar-refractivity contribution in [3.05, 3.63) is 54.1 Å². The van der Waals surface area contributed by atoms with Gasteiger partial charge in [-0.05, 0) is 30.4 Å². The summed E-state index contributed by atoms with van der Waals surface area (Å²) < 4.78 is 14.9. The van der Waals surface area contributed by atoms with Gasteiger partial charge < -0.3 is 0 Å². The fourth-order valence-corrected chi connectivity index (χ4v) is 1.40. The minimum Gasteiger partial charge on any atom is -0.299 e. The second kappa shape index (κ2) is 4.53. The molecule has 0 radical (unpaired) electrons. The second-order valence-corrected chi connectivity index (χ2v) is 3.11. The molecule has 0 fully saturated rings. The van der Waals surface area contributed by atoms with Gasteiger partial charge in [0.2, 0.25) is 0 Å². The molecule has 2 aromatic rings. The molecule has 1 aromatic carbocycles. The Hall–Kier alpha value is -2.23. The number of nitrogens with zero attached hydrogens (tertiary/aromatic N) is 2. The molecule has 4 heteroatoms. The van der Waals surface area contributed by atoms with Crippen molar-refractivity contribution in [2.24, 2.45) is 0 Å². The van der Waals surface area contributed by atoms with Crippen LogP contribution < -0.4 is 0 Å². The molecular weight excluding hydrogens is 207 g/mol. The standard InChI is InChI=1S/C12H9FN2O/c13-11-5-1-2-6-12(11)15-10(4-3-9-16)7-8-14-15/h1-9H/b4-3+. The van der Waals surface area contributed by atoms with Crippen molar-refractivity contribution in [1.82, 2.24) is 9.78 Å². The van der Waals surface area contributed by atoms with Gasteiger partial charge in [0, 0.05) is 0 Å². The van der Waals surface area contributed by atoms with Crippen molar-refractivity contribution in [3.63, 3.8) is 0 Å². The summed E-state index contributed by atoms with van der Waals surface area (Å²) in [6.07, 6.45) is 5.14. The average molecular weight is 216 g/mol. The lowest BCUT2D eigenvalue weighted by atomic mass is 10.3. The Morgan fingerprint density at radius 1 is 1.25 bits per heavy atom. The van der Waals surface area contributed by atoms with Gasteiger partial charge in [-0.2, -0.15) is 5.10 Å². The minimum atomic E-state index is -0.355. The van der Waals surface area contributed by atoms with Crippen LogP contribution in [0.15, 0.2) is 42.6 Å². The van der Waals surface area contributed by atoms with Gasteiger partial charge >= 0.3 is 0 Å². The lowest BCUT2D eigenvalue weighted by Gasteiger charge is -2.04. The summed E-state index contributed by atoms with van der Waals surface area (Å²) in [6, 6.07) is 8.04. The summed E-state index contributed by atoms with van der Waals surface area (Å²) in [7, 11) is 0. The first-order valence-corrected chi connectivity index (χ1v) is 4.73. The third-order valence-electron chi connectivity index (χ3n) is 2.10. The van der Waals surface area contributed by atoms with E-state index in [9.17, 15) is 9.18 Å². The monoisotopic (exact) mass is 216 g/mol. The number of hydrogen-bond acceptors (Lipinski definition) is 2. The van der Waals surface area contributed by atoms with Crippen LogP contribution >= 0.6 is 0 Å². The van der Waals surface area contributed by atoms with Crippen molar-refractivity contribution >= 4 is 12.4 Å². The normalized spacial score (nSPS) is 10.8. The van der Waals surface area contributed by atoms with E-state index < -0.39 is 0 Å². The van der Waals surface area contributed by atoms with Gasteiger partial charge in [-0.25, -0.2) is 9.07 Å². The topological polar surface area (TPSA) is 34.9 Å². The first-order valence-electron chi connectivity index (χ1n) is 4.73. The summed E-state index contributed by atoms with van der Waals surface area (Å²) in [5.41, 5.74) is 1.01. The van der Waals surface area contributed by atoms with E-state index in [1.807, 2.05) is 0 Å². The highest BCUT2D eigenvalue weighted by molar-refractivity contribution is 5.73. The van der Waals surface area contributed by atoms with Crippen LogP contribution in [0.3, 0.4) is 0 Å². The van der Waals surface area contributed by atoms with E-state index in [1.54, 1.807) is 36.5 Å². The van der Waals surface area contributed by atoms with Gasteiger partial charge in [-0.1, -0.05) is 12.1 Å². The highest BCUT2D eigenvalue weighted by atomic mass is 19.1. The molecule has 0 aliphatic heterocycles. The van der Waals surface area contributed by atoms with Gasteiger partial charge in [0.05, 0.1) is 11.9 Å². The van der Waals surface area contributed by atoms with E-state index in [-0.39, 0.29) is 5.82 Å². The average Bonchev–Trinajstić information content (AvgIpc) is 2.75. The second-order valence-electron chi connectivity index (χ2n) is 3.11. The predicted molar refractivity (Wildman–Crippen MR) is 58.6 cm³/mol. The van der Waals surface area contributed by atoms with Crippen molar-refractivity contribution in [2.75, 3.05) is 0 Å². The fraction of sp³-hybridized carbons (Fsp3) is 0. The molecule has 0 aliphatic carbocycles. The fourth-order valence-electron chi connectivity index (χ4n) is 1.40. The molecule has 0 N–H and O–H groups in total. The number of allylic oxidation sites excluding steroid dienone is 1. The van der Waals surface area contributed by atoms with E-state index in [4.69, 9.17) is 0 Å². The van der Waals surface area contributed by atoms with E-state index >= 15 is 0 Å². The number of carbonyl (C=O) groups is 1. The van der Waals surface area contributed by atoms with Crippen LogP contribution in [-0.4, -0.2) is 16.1 Å².